The quantitative estimate of drug-likeness (QED) is 0.861. The smallest absolute Gasteiger partial charge is 0.410 e. The molecule has 1 heterocycles. The Labute approximate surface area is 135 Å². The molecule has 1 fully saturated rings. The van der Waals surface area contributed by atoms with E-state index < -0.39 is 17.5 Å². The molecule has 1 amide bonds. The fraction of sp³-hybridized carbons (Fsp3) is 0.562. The van der Waals surface area contributed by atoms with E-state index in [0.29, 0.717) is 25.2 Å². The number of carbonyl (C=O) groups excluding carboxylic acids is 1. The Hall–Kier alpha value is -1.86. The van der Waals surface area contributed by atoms with Gasteiger partial charge in [-0.2, -0.15) is 0 Å². The molecule has 1 aliphatic rings. The maximum Gasteiger partial charge on any atom is 0.410 e. The second kappa shape index (κ2) is 6.72. The van der Waals surface area contributed by atoms with Gasteiger partial charge in [0.1, 0.15) is 17.5 Å². The van der Waals surface area contributed by atoms with Crippen LogP contribution in [0.25, 0.3) is 0 Å². The lowest BCUT2D eigenvalue weighted by Gasteiger charge is -2.24. The molecule has 0 radical (unpaired) electrons. The van der Waals surface area contributed by atoms with E-state index in [1.165, 1.54) is 25.2 Å². The number of likely N-dealkylation sites (tertiary alicyclic amines) is 1. The number of amides is 1. The van der Waals surface area contributed by atoms with Crippen LogP contribution in [0.4, 0.5) is 14.9 Å². The predicted molar refractivity (Wildman–Crippen MR) is 83.2 cm³/mol. The summed E-state index contributed by atoms with van der Waals surface area (Å²) < 4.78 is 24.5. The fourth-order valence-corrected chi connectivity index (χ4v) is 2.38. The first kappa shape index (κ1) is 17.5. The Bertz CT molecular complexity index is 572. The predicted octanol–water partition coefficient (Wildman–Crippen LogP) is 1.86. The van der Waals surface area contributed by atoms with Gasteiger partial charge in [-0.1, -0.05) is 0 Å². The fourth-order valence-electron chi connectivity index (χ4n) is 2.38. The maximum atomic E-state index is 13.4. The van der Waals surface area contributed by atoms with Crippen LogP contribution >= 0.6 is 0 Å². The molecule has 0 spiro atoms. The first-order chi connectivity index (χ1) is 10.7. The Morgan fingerprint density at radius 1 is 1.43 bits per heavy atom. The molecule has 128 valence electrons. The highest BCUT2D eigenvalue weighted by Gasteiger charge is 2.31. The van der Waals surface area contributed by atoms with Crippen LogP contribution in [0, 0.1) is 11.0 Å². The monoisotopic (exact) mass is 326 g/mol. The van der Waals surface area contributed by atoms with E-state index in [9.17, 15) is 14.4 Å². The lowest BCUT2D eigenvalue weighted by atomic mass is 10.2. The number of nitrogens with one attached hydrogen (secondary N) is 1. The minimum atomic E-state index is -0.555. The van der Waals surface area contributed by atoms with Crippen molar-refractivity contribution in [1.82, 2.24) is 4.90 Å². The summed E-state index contributed by atoms with van der Waals surface area (Å²) in [4.78, 5) is 13.6. The van der Waals surface area contributed by atoms with Gasteiger partial charge in [-0.3, -0.25) is 0 Å². The van der Waals surface area contributed by atoms with E-state index in [2.05, 4.69) is 0 Å². The van der Waals surface area contributed by atoms with Crippen molar-refractivity contribution in [2.24, 2.45) is 0 Å². The van der Waals surface area contributed by atoms with E-state index in [1.807, 2.05) is 0 Å². The molecule has 1 aliphatic heterocycles. The molecule has 1 saturated heterocycles. The highest BCUT2D eigenvalue weighted by atomic mass is 19.1. The number of carbonyl (C=O) groups is 1. The molecule has 0 saturated carbocycles. The summed E-state index contributed by atoms with van der Waals surface area (Å²) in [5.41, 5.74) is -0.220. The Morgan fingerprint density at radius 2 is 2.13 bits per heavy atom. The van der Waals surface area contributed by atoms with Gasteiger partial charge in [0, 0.05) is 25.1 Å². The van der Waals surface area contributed by atoms with Crippen LogP contribution in [-0.4, -0.2) is 42.8 Å². The summed E-state index contributed by atoms with van der Waals surface area (Å²) in [7, 11) is 1.40. The van der Waals surface area contributed by atoms with Crippen LogP contribution in [0.1, 0.15) is 27.2 Å². The third-order valence-electron chi connectivity index (χ3n) is 3.41. The molecule has 6 nitrogen and oxygen atoms in total. The zero-order valence-electron chi connectivity index (χ0n) is 13.9. The summed E-state index contributed by atoms with van der Waals surface area (Å²) in [5, 5.41) is 11.4. The molecule has 1 aromatic carbocycles. The average molecular weight is 326 g/mol. The van der Waals surface area contributed by atoms with Crippen molar-refractivity contribution in [3.63, 3.8) is 0 Å². The summed E-state index contributed by atoms with van der Waals surface area (Å²) in [5.74, 6) is -0.250. The van der Waals surface area contributed by atoms with Crippen molar-refractivity contribution >= 4 is 11.8 Å². The molecule has 2 rings (SSSR count). The van der Waals surface area contributed by atoms with Crippen molar-refractivity contribution < 1.29 is 23.7 Å². The Kier molecular flexibility index (Phi) is 5.11. The molecule has 1 aromatic rings. The number of halogens is 1. The number of benzene rings is 1. The van der Waals surface area contributed by atoms with Gasteiger partial charge in [0.05, 0.1) is 13.6 Å². The zero-order valence-corrected chi connectivity index (χ0v) is 13.9. The van der Waals surface area contributed by atoms with Gasteiger partial charge in [-0.05, 0) is 26.8 Å². The van der Waals surface area contributed by atoms with Crippen molar-refractivity contribution in [2.75, 3.05) is 20.1 Å². The summed E-state index contributed by atoms with van der Waals surface area (Å²) in [6.45, 7) is 6.27. The minimum Gasteiger partial charge on any atom is -0.629 e. The standard InChI is InChI=1S/C16H23FN2O4/c1-16(2,3)23-15(20)19-8-7-12(10-19)22-14-9-11(17)5-6-13(14)18(4)21/h5-6,9,12,18H,7-8,10H2,1-4H3/t12-/m0/s1. The number of quaternary nitrogens is 1. The molecule has 0 bridgehead atoms. The van der Waals surface area contributed by atoms with E-state index in [1.54, 1.807) is 25.7 Å². The summed E-state index contributed by atoms with van der Waals surface area (Å²) in [6.07, 6.45) is -0.0790. The number of hydroxylamine groups is 1. The molecule has 1 unspecified atom stereocenters. The van der Waals surface area contributed by atoms with Crippen LogP contribution < -0.4 is 9.80 Å². The summed E-state index contributed by atoms with van der Waals surface area (Å²) in [6, 6.07) is 3.84. The molecule has 23 heavy (non-hydrogen) atoms. The van der Waals surface area contributed by atoms with Gasteiger partial charge in [0.15, 0.2) is 11.4 Å². The third-order valence-corrected chi connectivity index (χ3v) is 3.41. The Morgan fingerprint density at radius 3 is 2.74 bits per heavy atom. The van der Waals surface area contributed by atoms with E-state index in [0.717, 1.165) is 0 Å². The second-order valence-electron chi connectivity index (χ2n) is 6.65. The highest BCUT2D eigenvalue weighted by molar-refractivity contribution is 5.68. The van der Waals surface area contributed by atoms with Gasteiger partial charge < -0.3 is 24.6 Å². The maximum absolute atomic E-state index is 13.4. The third kappa shape index (κ3) is 4.80. The molecule has 0 aliphatic carbocycles. The molecular formula is C16H23FN2O4. The van der Waals surface area contributed by atoms with Crippen LogP contribution in [0.15, 0.2) is 18.2 Å². The number of rotatable bonds is 3. The van der Waals surface area contributed by atoms with Crippen molar-refractivity contribution in [3.05, 3.63) is 29.2 Å². The highest BCUT2D eigenvalue weighted by Crippen LogP contribution is 2.26. The topological polar surface area (TPSA) is 66.3 Å². The first-order valence-corrected chi connectivity index (χ1v) is 7.61. The van der Waals surface area contributed by atoms with E-state index >= 15 is 0 Å². The molecule has 2 atom stereocenters. The number of hydrogen-bond donors (Lipinski definition) is 1. The zero-order chi connectivity index (χ0) is 17.2. The number of hydrogen-bond acceptors (Lipinski definition) is 4. The molecular weight excluding hydrogens is 303 g/mol. The van der Waals surface area contributed by atoms with Crippen molar-refractivity contribution in [3.8, 4) is 5.75 Å². The SMILES string of the molecule is C[NH+]([O-])c1ccc(F)cc1O[C@H]1CCN(C(=O)OC(C)(C)C)C1. The second-order valence-corrected chi connectivity index (χ2v) is 6.65. The minimum absolute atomic E-state index is 0.193. The number of ether oxygens (including phenoxy) is 2. The average Bonchev–Trinajstić information content (AvgIpc) is 2.85. The largest absolute Gasteiger partial charge is 0.629 e. The van der Waals surface area contributed by atoms with Crippen LogP contribution in [-0.2, 0) is 4.74 Å². The molecule has 7 heteroatoms. The van der Waals surface area contributed by atoms with E-state index in [-0.39, 0.29) is 16.9 Å². The van der Waals surface area contributed by atoms with Gasteiger partial charge in [0.25, 0.3) is 0 Å². The van der Waals surface area contributed by atoms with Crippen molar-refractivity contribution in [1.29, 1.82) is 0 Å². The molecule has 0 aromatic heterocycles. The van der Waals surface area contributed by atoms with Gasteiger partial charge >= 0.3 is 6.09 Å². The summed E-state index contributed by atoms with van der Waals surface area (Å²) >= 11 is 0. The lowest BCUT2D eigenvalue weighted by Crippen LogP contribution is -2.98. The Balaban J connectivity index is 2.01. The normalized spacial score (nSPS) is 19.6. The van der Waals surface area contributed by atoms with Crippen molar-refractivity contribution in [2.45, 2.75) is 38.9 Å². The first-order valence-electron chi connectivity index (χ1n) is 7.61. The van der Waals surface area contributed by atoms with E-state index in [4.69, 9.17) is 9.47 Å². The molecule has 1 N–H and O–H groups in total. The van der Waals surface area contributed by atoms with Gasteiger partial charge in [-0.15, -0.1) is 0 Å². The van der Waals surface area contributed by atoms with Crippen LogP contribution in [0.2, 0.25) is 0 Å². The van der Waals surface area contributed by atoms with Crippen LogP contribution in [0.5, 0.6) is 5.75 Å². The van der Waals surface area contributed by atoms with Crippen LogP contribution in [0.3, 0.4) is 0 Å². The van der Waals surface area contributed by atoms with Gasteiger partial charge in [0.2, 0.25) is 0 Å². The number of nitrogens with zero attached hydrogens (tertiary/aromatic N) is 1. The van der Waals surface area contributed by atoms with Gasteiger partial charge in [-0.25, -0.2) is 9.18 Å². The lowest BCUT2D eigenvalue weighted by molar-refractivity contribution is -0.751.